The Kier molecular flexibility index (Phi) is 11.6. The van der Waals surface area contributed by atoms with Crippen LogP contribution >= 0.6 is 0 Å². The third-order valence-electron chi connectivity index (χ3n) is 5.54. The Bertz CT molecular complexity index is 1110. The topological polar surface area (TPSA) is 121 Å². The Balaban J connectivity index is 6.01. The Hall–Kier alpha value is -1.31. The monoisotopic (exact) mass is 687 g/mol. The lowest BCUT2D eigenvalue weighted by Gasteiger charge is -2.41. The van der Waals surface area contributed by atoms with Crippen molar-refractivity contribution in [1.82, 2.24) is 4.72 Å². The predicted molar refractivity (Wildman–Crippen MR) is 106 cm³/mol. The molecule has 8 nitrogen and oxygen atoms in total. The number of alkyl halides is 15. The van der Waals surface area contributed by atoms with Crippen LogP contribution in [0.2, 0.25) is 0 Å². The van der Waals surface area contributed by atoms with Crippen molar-refractivity contribution in [2.45, 2.75) is 53.9 Å². The quantitative estimate of drug-likeness (QED) is 0.0935. The molecule has 0 heterocycles. The molecule has 3 N–H and O–H groups in total. The molecule has 41 heavy (non-hydrogen) atoms. The van der Waals surface area contributed by atoms with Crippen LogP contribution in [0.15, 0.2) is 0 Å². The van der Waals surface area contributed by atoms with E-state index >= 15 is 0 Å². The van der Waals surface area contributed by atoms with Crippen molar-refractivity contribution in [3.05, 3.63) is 0 Å². The summed E-state index contributed by atoms with van der Waals surface area (Å²) in [5, 5.41) is 1.53. The zero-order chi connectivity index (χ0) is 33.4. The third kappa shape index (κ3) is 7.62. The smallest absolute Gasteiger partial charge is 0.391 e. The number of nitrogens with zero attached hydrogens (tertiary/aromatic N) is 1. The summed E-state index contributed by atoms with van der Waals surface area (Å²) in [5.74, 6) is -42.9. The number of halogens is 15. The average molecular weight is 687 g/mol. The minimum Gasteiger partial charge on any atom is -0.391 e. The van der Waals surface area contributed by atoms with Gasteiger partial charge in [-0.15, -0.1) is 0 Å². The summed E-state index contributed by atoms with van der Waals surface area (Å²) in [6.07, 6.45) is -8.82. The summed E-state index contributed by atoms with van der Waals surface area (Å²) in [4.78, 5) is 0. The average Bonchev–Trinajstić information content (AvgIpc) is 2.74. The van der Waals surface area contributed by atoms with Gasteiger partial charge >= 0.3 is 41.0 Å². The second-order valence-electron chi connectivity index (χ2n) is 8.79. The fourth-order valence-electron chi connectivity index (χ4n) is 3.08. The van der Waals surface area contributed by atoms with Gasteiger partial charge in [-0.1, -0.05) is 0 Å². The summed E-state index contributed by atoms with van der Waals surface area (Å²) in [5.41, 5.74) is 0. The summed E-state index contributed by atoms with van der Waals surface area (Å²) in [7, 11) is -10.5. The zero-order valence-corrected chi connectivity index (χ0v) is 21.8. The van der Waals surface area contributed by atoms with E-state index in [-0.39, 0.29) is 19.5 Å². The van der Waals surface area contributed by atoms with Crippen LogP contribution in [0.25, 0.3) is 0 Å². The molecule has 0 fully saturated rings. The first-order valence-corrected chi connectivity index (χ1v) is 13.5. The Morgan fingerprint density at radius 2 is 1.02 bits per heavy atom. The van der Waals surface area contributed by atoms with Gasteiger partial charge in [0.1, 0.15) is 6.54 Å². The van der Waals surface area contributed by atoms with Crippen LogP contribution in [-0.2, 0) is 20.1 Å². The molecule has 0 aromatic rings. The highest BCUT2D eigenvalue weighted by Crippen LogP contribution is 2.62. The lowest BCUT2D eigenvalue weighted by atomic mass is 9.94. The van der Waals surface area contributed by atoms with Gasteiger partial charge in [0.2, 0.25) is 0 Å². The SMILES string of the molecule is C[N+](CCO)(CCCNS(=O)(=O)C(F)(F)C(F)(F)C(F)(F)C(F)(F)C(F)(F)C(F)(F)C(F)(F)F)CCCS(=O)(=O)O. The summed E-state index contributed by atoms with van der Waals surface area (Å²) >= 11 is 0. The van der Waals surface area contributed by atoms with Crippen molar-refractivity contribution in [3.8, 4) is 0 Å². The van der Waals surface area contributed by atoms with Crippen molar-refractivity contribution >= 4 is 20.1 Å². The van der Waals surface area contributed by atoms with Gasteiger partial charge in [0.25, 0.3) is 20.1 Å². The molecule has 0 bridgehead atoms. The van der Waals surface area contributed by atoms with E-state index in [0.29, 0.717) is 4.72 Å². The van der Waals surface area contributed by atoms with Gasteiger partial charge in [-0.3, -0.25) is 4.55 Å². The van der Waals surface area contributed by atoms with Gasteiger partial charge < -0.3 is 9.59 Å². The molecular weight excluding hydrogens is 665 g/mol. The molecule has 0 rings (SSSR count). The number of hydrogen-bond acceptors (Lipinski definition) is 5. The van der Waals surface area contributed by atoms with E-state index in [4.69, 9.17) is 9.66 Å². The van der Waals surface area contributed by atoms with E-state index in [0.717, 1.165) is 0 Å². The normalized spacial score (nSPS) is 17.0. The van der Waals surface area contributed by atoms with E-state index in [9.17, 15) is 82.7 Å². The van der Waals surface area contributed by atoms with Crippen molar-refractivity contribution in [1.29, 1.82) is 0 Å². The fraction of sp³-hybridized carbons (Fsp3) is 1.00. The minimum absolute atomic E-state index is 0.209. The molecule has 0 aromatic heterocycles. The van der Waals surface area contributed by atoms with Crippen molar-refractivity contribution in [2.24, 2.45) is 0 Å². The largest absolute Gasteiger partial charge is 0.460 e. The number of hydrogen-bond donors (Lipinski definition) is 3. The Labute approximate surface area is 221 Å². The Morgan fingerprint density at radius 1 is 0.634 bits per heavy atom. The Morgan fingerprint density at radius 3 is 1.41 bits per heavy atom. The molecule has 25 heteroatoms. The van der Waals surface area contributed by atoms with E-state index in [2.05, 4.69) is 0 Å². The van der Waals surface area contributed by atoms with Gasteiger partial charge in [0.15, 0.2) is 0 Å². The number of rotatable bonds is 17. The maximum absolute atomic E-state index is 14.0. The molecule has 1 atom stereocenters. The number of sulfonamides is 1. The molecule has 0 saturated carbocycles. The van der Waals surface area contributed by atoms with Gasteiger partial charge in [-0.25, -0.2) is 13.1 Å². The van der Waals surface area contributed by atoms with Crippen LogP contribution in [0, 0.1) is 0 Å². The molecule has 0 aromatic carbocycles. The molecule has 0 amide bonds. The number of nitrogens with one attached hydrogen (secondary N) is 1. The second kappa shape index (κ2) is 12.0. The van der Waals surface area contributed by atoms with Crippen LogP contribution in [0.5, 0.6) is 0 Å². The fourth-order valence-corrected chi connectivity index (χ4v) is 4.64. The molecule has 0 aliphatic rings. The third-order valence-corrected chi connectivity index (χ3v) is 7.86. The van der Waals surface area contributed by atoms with Crippen LogP contribution in [0.3, 0.4) is 0 Å². The molecule has 0 spiro atoms. The standard InChI is InChI=1S/C16H21F15N2O6S2/c1-33(7-8-34,6-3-9-40(35,36)37)5-2-4-32-41(38,39)16(30,31)14(25,26)12(21,22)10(17,18)11(19,20)13(23,24)15(27,28)29/h32,34H,2-9H2,1H3/p+1. The number of quaternary nitrogens is 1. The van der Waals surface area contributed by atoms with Crippen LogP contribution in [0.1, 0.15) is 12.8 Å². The van der Waals surface area contributed by atoms with Gasteiger partial charge in [-0.05, 0) is 0 Å². The lowest BCUT2D eigenvalue weighted by molar-refractivity contribution is -0.909. The van der Waals surface area contributed by atoms with E-state index in [1.807, 2.05) is 0 Å². The second-order valence-corrected chi connectivity index (χ2v) is 12.2. The number of aliphatic hydroxyl groups is 1. The van der Waals surface area contributed by atoms with E-state index < -0.39 is 97.5 Å². The van der Waals surface area contributed by atoms with Crippen LogP contribution in [-0.4, -0.2) is 118 Å². The highest BCUT2D eigenvalue weighted by atomic mass is 32.2. The highest BCUT2D eigenvalue weighted by Gasteiger charge is 2.94. The highest BCUT2D eigenvalue weighted by molar-refractivity contribution is 7.90. The first kappa shape index (κ1) is 39.7. The molecule has 0 aliphatic carbocycles. The number of aliphatic hydroxyl groups excluding tert-OH is 1. The molecule has 0 radical (unpaired) electrons. The van der Waals surface area contributed by atoms with Gasteiger partial charge in [0.05, 0.1) is 32.5 Å². The zero-order valence-electron chi connectivity index (χ0n) is 20.1. The minimum atomic E-state index is -8.63. The predicted octanol–water partition coefficient (Wildman–Crippen LogP) is 3.34. The van der Waals surface area contributed by atoms with Crippen LogP contribution < -0.4 is 4.72 Å². The van der Waals surface area contributed by atoms with Crippen molar-refractivity contribution in [3.63, 3.8) is 0 Å². The maximum Gasteiger partial charge on any atom is 0.460 e. The van der Waals surface area contributed by atoms with Crippen molar-refractivity contribution in [2.75, 3.05) is 45.6 Å². The van der Waals surface area contributed by atoms with E-state index in [1.165, 1.54) is 7.05 Å². The van der Waals surface area contributed by atoms with E-state index in [1.54, 1.807) is 0 Å². The first-order chi connectivity index (χ1) is 17.7. The summed E-state index contributed by atoms with van der Waals surface area (Å²) < 4.78 is 252. The van der Waals surface area contributed by atoms with Crippen LogP contribution in [0.4, 0.5) is 65.9 Å². The maximum atomic E-state index is 14.0. The molecule has 1 unspecified atom stereocenters. The molecule has 0 saturated heterocycles. The molecule has 248 valence electrons. The summed E-state index contributed by atoms with van der Waals surface area (Å²) in [6.45, 7) is -2.93. The molecule has 0 aliphatic heterocycles. The number of likely N-dealkylation sites (N-methyl/N-ethyl adjacent to an activating group) is 1. The first-order valence-electron chi connectivity index (χ1n) is 10.4. The molecular formula is C16H22F15N2O6S2+. The van der Waals surface area contributed by atoms with Crippen molar-refractivity contribution < 1.29 is 96.8 Å². The van der Waals surface area contributed by atoms with Gasteiger partial charge in [-0.2, -0.15) is 74.3 Å². The summed E-state index contributed by atoms with van der Waals surface area (Å²) in [6, 6.07) is 0. The van der Waals surface area contributed by atoms with Gasteiger partial charge in [0, 0.05) is 19.4 Å². The lowest BCUT2D eigenvalue weighted by Crippen LogP contribution is -2.73.